The molecule has 154 valence electrons. The largest absolute Gasteiger partial charge is 0.493 e. The Bertz CT molecular complexity index is 1080. The third-order valence-electron chi connectivity index (χ3n) is 4.60. The van der Waals surface area contributed by atoms with Gasteiger partial charge in [0.1, 0.15) is 5.69 Å². The first kappa shape index (κ1) is 19.7. The van der Waals surface area contributed by atoms with Gasteiger partial charge in [-0.3, -0.25) is 10.1 Å². The van der Waals surface area contributed by atoms with Gasteiger partial charge < -0.3 is 19.7 Å². The monoisotopic (exact) mass is 424 g/mol. The lowest BCUT2D eigenvalue weighted by Crippen LogP contribution is -2.24. The highest BCUT2D eigenvalue weighted by molar-refractivity contribution is 7.16. The molecule has 0 radical (unpaired) electrons. The first-order valence-corrected chi connectivity index (χ1v) is 10.0. The number of nitrogens with one attached hydrogen (secondary N) is 2. The maximum atomic E-state index is 12.6. The van der Waals surface area contributed by atoms with Gasteiger partial charge in [0.25, 0.3) is 5.91 Å². The molecule has 1 aliphatic rings. The average Bonchev–Trinajstić information content (AvgIpc) is 3.27. The quantitative estimate of drug-likeness (QED) is 0.625. The second-order valence-electron chi connectivity index (χ2n) is 6.59. The lowest BCUT2D eigenvalue weighted by Gasteiger charge is -2.15. The molecule has 0 fully saturated rings. The van der Waals surface area contributed by atoms with Crippen molar-refractivity contribution in [1.82, 2.24) is 9.88 Å². The van der Waals surface area contributed by atoms with Crippen LogP contribution in [0.2, 0.25) is 0 Å². The maximum Gasteiger partial charge on any atom is 0.325 e. The number of nitrogens with zero attached hydrogens (tertiary/aromatic N) is 2. The van der Waals surface area contributed by atoms with E-state index >= 15 is 0 Å². The van der Waals surface area contributed by atoms with E-state index in [0.717, 1.165) is 10.4 Å². The van der Waals surface area contributed by atoms with Crippen LogP contribution in [0.1, 0.15) is 20.9 Å². The molecule has 0 unspecified atom stereocenters. The topological polar surface area (TPSA) is 92.8 Å². The molecule has 8 nitrogen and oxygen atoms in total. The second kappa shape index (κ2) is 8.42. The number of carbonyl (C=O) groups excluding carboxylic acids is 2. The number of amides is 3. The fraction of sp³-hybridized carbons (Fsp3) is 0.190. The third kappa shape index (κ3) is 4.06. The second-order valence-corrected chi connectivity index (χ2v) is 7.67. The Labute approximate surface area is 177 Å². The van der Waals surface area contributed by atoms with Crippen molar-refractivity contribution < 1.29 is 19.1 Å². The summed E-state index contributed by atoms with van der Waals surface area (Å²) in [5.41, 5.74) is 2.00. The van der Waals surface area contributed by atoms with Gasteiger partial charge in [-0.1, -0.05) is 41.7 Å². The summed E-state index contributed by atoms with van der Waals surface area (Å²) < 4.78 is 10.4. The van der Waals surface area contributed by atoms with Crippen LogP contribution in [0, 0.1) is 0 Å². The molecule has 0 spiro atoms. The molecule has 2 aromatic carbocycles. The predicted octanol–water partition coefficient (Wildman–Crippen LogP) is 3.96. The molecule has 0 saturated heterocycles. The highest BCUT2D eigenvalue weighted by Gasteiger charge is 2.32. The molecule has 0 atom stereocenters. The number of fused-ring (bicyclic) bond motifs is 1. The van der Waals surface area contributed by atoms with Crippen molar-refractivity contribution in [3.8, 4) is 11.5 Å². The van der Waals surface area contributed by atoms with Crippen LogP contribution in [0.15, 0.2) is 48.5 Å². The van der Waals surface area contributed by atoms with Crippen molar-refractivity contribution >= 4 is 34.1 Å². The molecule has 1 aliphatic heterocycles. The minimum atomic E-state index is -0.455. The van der Waals surface area contributed by atoms with Crippen molar-refractivity contribution in [3.63, 3.8) is 0 Å². The first-order chi connectivity index (χ1) is 14.6. The predicted molar refractivity (Wildman–Crippen MR) is 114 cm³/mol. The number of aromatic nitrogens is 1. The van der Waals surface area contributed by atoms with Crippen molar-refractivity contribution in [1.29, 1.82) is 0 Å². The zero-order chi connectivity index (χ0) is 21.1. The van der Waals surface area contributed by atoms with E-state index in [-0.39, 0.29) is 5.91 Å². The summed E-state index contributed by atoms with van der Waals surface area (Å²) in [7, 11) is 3.07. The first-order valence-electron chi connectivity index (χ1n) is 9.20. The highest BCUT2D eigenvalue weighted by Crippen LogP contribution is 2.32. The number of urea groups is 1. The number of carbonyl (C=O) groups is 2. The van der Waals surface area contributed by atoms with Crippen LogP contribution in [-0.4, -0.2) is 36.0 Å². The Morgan fingerprint density at radius 3 is 2.57 bits per heavy atom. The smallest absolute Gasteiger partial charge is 0.325 e. The lowest BCUT2D eigenvalue weighted by molar-refractivity contribution is 0.0762. The molecule has 2 N–H and O–H groups in total. The van der Waals surface area contributed by atoms with E-state index in [0.29, 0.717) is 41.1 Å². The van der Waals surface area contributed by atoms with Gasteiger partial charge in [0.15, 0.2) is 16.6 Å². The summed E-state index contributed by atoms with van der Waals surface area (Å²) >= 11 is 1.30. The third-order valence-corrected chi connectivity index (χ3v) is 5.56. The minimum Gasteiger partial charge on any atom is -0.493 e. The van der Waals surface area contributed by atoms with E-state index in [4.69, 9.17) is 9.47 Å². The lowest BCUT2D eigenvalue weighted by atomic mass is 10.2. The van der Waals surface area contributed by atoms with E-state index in [9.17, 15) is 9.59 Å². The van der Waals surface area contributed by atoms with Crippen molar-refractivity contribution in [3.05, 3.63) is 64.7 Å². The van der Waals surface area contributed by atoms with Gasteiger partial charge in [-0.25, -0.2) is 9.78 Å². The van der Waals surface area contributed by atoms with Gasteiger partial charge in [0.2, 0.25) is 0 Å². The summed E-state index contributed by atoms with van der Waals surface area (Å²) in [5, 5.41) is 5.79. The van der Waals surface area contributed by atoms with Gasteiger partial charge in [-0.15, -0.1) is 0 Å². The van der Waals surface area contributed by atoms with Gasteiger partial charge in [0, 0.05) is 18.3 Å². The average molecular weight is 424 g/mol. The molecule has 4 rings (SSSR count). The molecule has 0 saturated carbocycles. The summed E-state index contributed by atoms with van der Waals surface area (Å²) in [6.45, 7) is 1.02. The zero-order valence-electron chi connectivity index (χ0n) is 16.5. The molecule has 0 bridgehead atoms. The van der Waals surface area contributed by atoms with E-state index in [1.807, 2.05) is 30.3 Å². The number of benzene rings is 2. The fourth-order valence-corrected chi connectivity index (χ4v) is 4.14. The van der Waals surface area contributed by atoms with Crippen LogP contribution in [0.25, 0.3) is 0 Å². The zero-order valence-corrected chi connectivity index (χ0v) is 17.3. The summed E-state index contributed by atoms with van der Waals surface area (Å²) in [5.74, 6) is 0.949. The molecular formula is C21H20N4O4S. The maximum absolute atomic E-state index is 12.6. The van der Waals surface area contributed by atoms with Crippen molar-refractivity contribution in [2.45, 2.75) is 13.1 Å². The molecule has 0 aliphatic carbocycles. The number of anilines is 2. The number of ether oxygens (including phenoxy) is 2. The Hall–Kier alpha value is -3.59. The van der Waals surface area contributed by atoms with E-state index in [1.54, 1.807) is 30.2 Å². The van der Waals surface area contributed by atoms with E-state index in [1.165, 1.54) is 18.4 Å². The number of hydrogen-bond donors (Lipinski definition) is 2. The number of hydrogen-bond acceptors (Lipinski definition) is 6. The standard InChI is InChI=1S/C21H20N4O4S/c1-28-15-9-8-14(10-16(15)29-2)22-20(27)24-21-23-18-17(30-21)12-25(19(18)26)11-13-6-4-3-5-7-13/h3-10H,11-12H2,1-2H3,(H2,22,23,24,27). The number of rotatable bonds is 6. The number of methoxy groups -OCH3 is 2. The number of thiazole rings is 1. The molecule has 3 amide bonds. The molecule has 9 heteroatoms. The molecule has 30 heavy (non-hydrogen) atoms. The van der Waals surface area contributed by atoms with Gasteiger partial charge in [0.05, 0.1) is 25.6 Å². The Balaban J connectivity index is 1.39. The van der Waals surface area contributed by atoms with E-state index < -0.39 is 6.03 Å². The van der Waals surface area contributed by atoms with Crippen LogP contribution < -0.4 is 20.1 Å². The molecule has 3 aromatic rings. The van der Waals surface area contributed by atoms with Crippen LogP contribution in [0.4, 0.5) is 15.6 Å². The molecule has 2 heterocycles. The summed E-state index contributed by atoms with van der Waals surface area (Å²) in [6.07, 6.45) is 0. The van der Waals surface area contributed by atoms with E-state index in [2.05, 4.69) is 15.6 Å². The normalized spacial score (nSPS) is 12.5. The molecule has 1 aromatic heterocycles. The van der Waals surface area contributed by atoms with Crippen LogP contribution in [0.3, 0.4) is 0 Å². The minimum absolute atomic E-state index is 0.126. The summed E-state index contributed by atoms with van der Waals surface area (Å²) in [4.78, 5) is 31.9. The fourth-order valence-electron chi connectivity index (χ4n) is 3.18. The van der Waals surface area contributed by atoms with Gasteiger partial charge in [-0.05, 0) is 17.7 Å². The van der Waals surface area contributed by atoms with Gasteiger partial charge >= 0.3 is 6.03 Å². The van der Waals surface area contributed by atoms with Crippen LogP contribution >= 0.6 is 11.3 Å². The Morgan fingerprint density at radius 2 is 1.87 bits per heavy atom. The van der Waals surface area contributed by atoms with Crippen molar-refractivity contribution in [2.75, 3.05) is 24.9 Å². The van der Waals surface area contributed by atoms with Gasteiger partial charge in [-0.2, -0.15) is 0 Å². The van der Waals surface area contributed by atoms with Crippen LogP contribution in [-0.2, 0) is 13.1 Å². The summed E-state index contributed by atoms with van der Waals surface area (Å²) in [6, 6.07) is 14.4. The SMILES string of the molecule is COc1ccc(NC(=O)Nc2nc3c(s2)CN(Cc2ccccc2)C3=O)cc1OC. The molecular weight excluding hydrogens is 404 g/mol. The Kier molecular flexibility index (Phi) is 5.53. The van der Waals surface area contributed by atoms with Crippen LogP contribution in [0.5, 0.6) is 11.5 Å². The van der Waals surface area contributed by atoms with Crippen molar-refractivity contribution in [2.24, 2.45) is 0 Å². The Morgan fingerprint density at radius 1 is 1.10 bits per heavy atom. The highest BCUT2D eigenvalue weighted by atomic mass is 32.1.